The van der Waals surface area contributed by atoms with Crippen LogP contribution in [0.15, 0.2) is 0 Å². The third kappa shape index (κ3) is 30.9. The SMILES string of the molecule is CC(C)CC(C)(C(=O)OCCN1CCCC1)C(C)C.CC(C)CC(C)(C(=O)OCCN1CCCCC1)C(C)C.CC(C)CC(C)(C(=O)OCCN1CCCCCC1)C(C)C.CCCCN(CCOC(=O)C(C)(CC(C)C)C(C)C)C(C)C. The predicted octanol–water partition coefficient (Wildman–Crippen LogP) is 15.9. The first-order chi connectivity index (χ1) is 38.2. The van der Waals surface area contributed by atoms with Crippen LogP contribution in [0.25, 0.3) is 0 Å². The van der Waals surface area contributed by atoms with Crippen LogP contribution in [-0.2, 0) is 38.1 Å². The lowest BCUT2D eigenvalue weighted by Gasteiger charge is -2.33. The number of carbonyl (C=O) groups excluding carboxylic acids is 4. The lowest BCUT2D eigenvalue weighted by molar-refractivity contribution is -0.160. The van der Waals surface area contributed by atoms with E-state index in [1.165, 1.54) is 70.6 Å². The Morgan fingerprint density at radius 2 is 0.598 bits per heavy atom. The Bertz CT molecular complexity index is 1680. The minimum absolute atomic E-state index is 0.0129. The Hall–Kier alpha value is -2.28. The minimum Gasteiger partial charge on any atom is -0.464 e. The van der Waals surface area contributed by atoms with E-state index in [4.69, 9.17) is 18.9 Å². The summed E-state index contributed by atoms with van der Waals surface area (Å²) in [4.78, 5) is 59.5. The fourth-order valence-corrected chi connectivity index (χ4v) is 11.9. The molecule has 4 atom stereocenters. The average Bonchev–Trinajstić information content (AvgIpc) is 3.91. The van der Waals surface area contributed by atoms with Gasteiger partial charge in [0.05, 0.1) is 21.7 Å². The van der Waals surface area contributed by atoms with Crippen molar-refractivity contribution < 1.29 is 38.1 Å². The van der Waals surface area contributed by atoms with E-state index in [2.05, 4.69) is 179 Å². The van der Waals surface area contributed by atoms with Gasteiger partial charge in [0.2, 0.25) is 0 Å². The number of hydrogen-bond acceptors (Lipinski definition) is 12. The van der Waals surface area contributed by atoms with Crippen molar-refractivity contribution in [3.63, 3.8) is 0 Å². The highest BCUT2D eigenvalue weighted by atomic mass is 16.5. The zero-order valence-electron chi connectivity index (χ0n) is 58.5. The number of carbonyl (C=O) groups is 4. The molecule has 4 unspecified atom stereocenters. The molecule has 3 fully saturated rings. The highest BCUT2D eigenvalue weighted by Gasteiger charge is 2.42. The molecule has 3 saturated heterocycles. The van der Waals surface area contributed by atoms with Crippen molar-refractivity contribution in [3.05, 3.63) is 0 Å². The van der Waals surface area contributed by atoms with Crippen LogP contribution in [0.3, 0.4) is 0 Å². The summed E-state index contributed by atoms with van der Waals surface area (Å²) in [5.74, 6) is 3.18. The Balaban J connectivity index is 0.00000107. The van der Waals surface area contributed by atoms with Gasteiger partial charge in [-0.15, -0.1) is 0 Å². The highest BCUT2D eigenvalue weighted by molar-refractivity contribution is 5.78. The number of nitrogens with zero attached hydrogens (tertiary/aromatic N) is 4. The van der Waals surface area contributed by atoms with Crippen LogP contribution in [0, 0.1) is 69.0 Å². The number of unbranched alkanes of at least 4 members (excludes halogenated alkanes) is 1. The maximum absolute atomic E-state index is 12.6. The van der Waals surface area contributed by atoms with Gasteiger partial charge < -0.3 is 18.9 Å². The number of likely N-dealkylation sites (tertiary alicyclic amines) is 3. The van der Waals surface area contributed by atoms with Crippen LogP contribution < -0.4 is 0 Å². The maximum Gasteiger partial charge on any atom is 0.312 e. The molecule has 486 valence electrons. The molecule has 0 amide bonds. The molecule has 3 aliphatic rings. The predicted molar refractivity (Wildman–Crippen MR) is 346 cm³/mol. The first kappa shape index (κ1) is 79.7. The first-order valence-corrected chi connectivity index (χ1v) is 33.8. The van der Waals surface area contributed by atoms with Crippen LogP contribution in [0.1, 0.15) is 256 Å². The van der Waals surface area contributed by atoms with Gasteiger partial charge in [0.1, 0.15) is 26.4 Å². The Kier molecular flexibility index (Phi) is 40.6. The van der Waals surface area contributed by atoms with Crippen molar-refractivity contribution in [3.8, 4) is 0 Å². The second-order valence-electron chi connectivity index (χ2n) is 29.4. The summed E-state index contributed by atoms with van der Waals surface area (Å²) in [6.45, 7) is 62.8. The summed E-state index contributed by atoms with van der Waals surface area (Å²) in [6.07, 6.45) is 17.7. The van der Waals surface area contributed by atoms with Crippen LogP contribution >= 0.6 is 0 Å². The summed E-state index contributed by atoms with van der Waals surface area (Å²) in [6, 6.07) is 0.498. The van der Waals surface area contributed by atoms with Crippen molar-refractivity contribution in [2.24, 2.45) is 69.0 Å². The lowest BCUT2D eigenvalue weighted by atomic mass is 9.73. The summed E-state index contributed by atoms with van der Waals surface area (Å²) >= 11 is 0. The van der Waals surface area contributed by atoms with E-state index in [0.717, 1.165) is 97.7 Å². The third-order valence-corrected chi connectivity index (χ3v) is 18.7. The Morgan fingerprint density at radius 1 is 0.366 bits per heavy atom. The first-order valence-electron chi connectivity index (χ1n) is 33.8. The molecule has 12 nitrogen and oxygen atoms in total. The molecule has 82 heavy (non-hydrogen) atoms. The van der Waals surface area contributed by atoms with Crippen molar-refractivity contribution in [1.29, 1.82) is 0 Å². The van der Waals surface area contributed by atoms with E-state index in [1.54, 1.807) is 0 Å². The van der Waals surface area contributed by atoms with E-state index >= 15 is 0 Å². The summed E-state index contributed by atoms with van der Waals surface area (Å²) in [5.41, 5.74) is -1.43. The van der Waals surface area contributed by atoms with Crippen molar-refractivity contribution in [2.45, 2.75) is 262 Å². The van der Waals surface area contributed by atoms with E-state index in [-0.39, 0.29) is 45.5 Å². The standard InChI is InChI=1S/C19H39NO2.C18H35NO2.C17H33NO2.C16H31NO2/c1-9-10-11-20(17(6)7)12-13-22-18(21)19(8,16(4)5)14-15(2)3;1-15(2)14-18(5,16(3)4)17(20)21-13-12-19-10-8-6-7-9-11-19;1-14(2)13-17(5,15(3)4)16(19)20-12-11-18-9-7-6-8-10-18;1-13(2)12-16(5,14(3)4)15(18)19-11-10-17-8-6-7-9-17/h15-17H,9-14H2,1-8H3;15-16H,6-14H2,1-5H3;14-15H,6-13H2,1-5H3;13-14H,6-12H2,1-5H3. The number of esters is 4. The molecule has 0 aliphatic carbocycles. The molecule has 0 aromatic carbocycles. The van der Waals surface area contributed by atoms with Gasteiger partial charge in [0.25, 0.3) is 0 Å². The number of piperidine rings is 1. The summed E-state index contributed by atoms with van der Waals surface area (Å²) in [7, 11) is 0. The van der Waals surface area contributed by atoms with Crippen LogP contribution in [-0.4, -0.2) is 148 Å². The van der Waals surface area contributed by atoms with Crippen molar-refractivity contribution in [1.82, 2.24) is 19.6 Å². The van der Waals surface area contributed by atoms with Gasteiger partial charge in [-0.25, -0.2) is 0 Å². The Morgan fingerprint density at radius 3 is 0.817 bits per heavy atom. The normalized spacial score (nSPS) is 18.7. The molecule has 12 heteroatoms. The lowest BCUT2D eigenvalue weighted by Crippen LogP contribution is -2.39. The average molecular weight is 1160 g/mol. The molecular formula is C70H138N4O8. The van der Waals surface area contributed by atoms with E-state index in [0.29, 0.717) is 79.8 Å². The second-order valence-corrected chi connectivity index (χ2v) is 29.4. The fraction of sp³-hybridized carbons (Fsp3) is 0.943. The van der Waals surface area contributed by atoms with Gasteiger partial charge >= 0.3 is 23.9 Å². The number of ether oxygens (including phenoxy) is 4. The van der Waals surface area contributed by atoms with Gasteiger partial charge in [-0.1, -0.05) is 143 Å². The molecule has 0 N–H and O–H groups in total. The molecule has 3 rings (SSSR count). The molecular weight excluding hydrogens is 1020 g/mol. The quantitative estimate of drug-likeness (QED) is 0.0471. The van der Waals surface area contributed by atoms with E-state index in [1.807, 2.05) is 0 Å². The van der Waals surface area contributed by atoms with Gasteiger partial charge in [-0.3, -0.25) is 38.8 Å². The van der Waals surface area contributed by atoms with Gasteiger partial charge in [-0.05, 0) is 205 Å². The van der Waals surface area contributed by atoms with Gasteiger partial charge in [0, 0.05) is 32.2 Å². The van der Waals surface area contributed by atoms with Crippen molar-refractivity contribution >= 4 is 23.9 Å². The largest absolute Gasteiger partial charge is 0.464 e. The topological polar surface area (TPSA) is 118 Å². The molecule has 3 heterocycles. The molecule has 0 aromatic heterocycles. The molecule has 3 aliphatic heterocycles. The summed E-state index contributed by atoms with van der Waals surface area (Å²) in [5, 5.41) is 0. The molecule has 0 bridgehead atoms. The highest BCUT2D eigenvalue weighted by Crippen LogP contribution is 2.39. The van der Waals surface area contributed by atoms with Crippen LogP contribution in [0.4, 0.5) is 0 Å². The molecule has 0 radical (unpaired) electrons. The summed E-state index contributed by atoms with van der Waals surface area (Å²) < 4.78 is 22.4. The number of rotatable bonds is 32. The molecule has 0 aromatic rings. The van der Waals surface area contributed by atoms with Crippen LogP contribution in [0.5, 0.6) is 0 Å². The minimum atomic E-state index is -0.375. The third-order valence-electron chi connectivity index (χ3n) is 18.7. The van der Waals surface area contributed by atoms with Crippen LogP contribution in [0.2, 0.25) is 0 Å². The zero-order chi connectivity index (χ0) is 62.9. The molecule has 0 spiro atoms. The number of hydrogen-bond donors (Lipinski definition) is 0. The van der Waals surface area contributed by atoms with Crippen molar-refractivity contribution in [2.75, 3.05) is 98.4 Å². The fourth-order valence-electron chi connectivity index (χ4n) is 11.9. The van der Waals surface area contributed by atoms with Gasteiger partial charge in [0.15, 0.2) is 0 Å². The van der Waals surface area contributed by atoms with Gasteiger partial charge in [-0.2, -0.15) is 0 Å². The maximum atomic E-state index is 12.6. The second kappa shape index (κ2) is 41.8. The van der Waals surface area contributed by atoms with E-state index < -0.39 is 0 Å². The monoisotopic (exact) mass is 1160 g/mol. The Labute approximate surface area is 508 Å². The molecule has 0 saturated carbocycles. The van der Waals surface area contributed by atoms with E-state index in [9.17, 15) is 19.2 Å². The zero-order valence-corrected chi connectivity index (χ0v) is 58.5. The smallest absolute Gasteiger partial charge is 0.312 e.